The van der Waals surface area contributed by atoms with Crippen molar-refractivity contribution in [2.75, 3.05) is 0 Å². The fourth-order valence-electron chi connectivity index (χ4n) is 6.71. The fraction of sp³-hybridized carbons (Fsp3) is 0. The van der Waals surface area contributed by atoms with E-state index >= 15 is 0 Å². The maximum Gasteiger partial charge on any atom is 0.188 e. The fourth-order valence-corrected chi connectivity index (χ4v) is 6.71. The standard InChI is InChI=1S/C39H22N2O/c1-40-27-17-19-35-33(23-27)32-22-26(15-18-34(32)41(35)28-11-3-2-4-12-28)31-21-25-10-6-8-14-30(25)38-37-29-13-7-5-9-24(29)16-20-36(37)42-39(31)38/h2-23H. The van der Waals surface area contributed by atoms with Gasteiger partial charge in [0.1, 0.15) is 11.2 Å². The van der Waals surface area contributed by atoms with Gasteiger partial charge in [-0.1, -0.05) is 84.9 Å². The predicted octanol–water partition coefficient (Wildman–Crippen LogP) is 11.2. The summed E-state index contributed by atoms with van der Waals surface area (Å²) in [4.78, 5) is 3.74. The molecular formula is C39H22N2O. The van der Waals surface area contributed by atoms with E-state index in [2.05, 4.69) is 125 Å². The Kier molecular flexibility index (Phi) is 4.68. The van der Waals surface area contributed by atoms with Crippen LogP contribution in [0.5, 0.6) is 0 Å². The van der Waals surface area contributed by atoms with Crippen LogP contribution in [0.2, 0.25) is 0 Å². The van der Waals surface area contributed by atoms with Crippen molar-refractivity contribution in [2.24, 2.45) is 0 Å². The number of para-hydroxylation sites is 1. The zero-order valence-electron chi connectivity index (χ0n) is 22.5. The summed E-state index contributed by atoms with van der Waals surface area (Å²) in [7, 11) is 0. The molecule has 0 saturated heterocycles. The minimum atomic E-state index is 0.636. The monoisotopic (exact) mass is 534 g/mol. The van der Waals surface area contributed by atoms with Gasteiger partial charge in [0, 0.05) is 27.4 Å². The molecule has 0 bridgehead atoms. The second-order valence-corrected chi connectivity index (χ2v) is 10.8. The van der Waals surface area contributed by atoms with E-state index in [9.17, 15) is 0 Å². The normalized spacial score (nSPS) is 11.8. The van der Waals surface area contributed by atoms with Crippen molar-refractivity contribution in [1.29, 1.82) is 0 Å². The molecule has 0 radical (unpaired) electrons. The van der Waals surface area contributed by atoms with Gasteiger partial charge in [-0.05, 0) is 81.0 Å². The average molecular weight is 535 g/mol. The van der Waals surface area contributed by atoms with Gasteiger partial charge in [-0.3, -0.25) is 0 Å². The number of fused-ring (bicyclic) bond motifs is 10. The Bertz CT molecular complexity index is 2580. The maximum absolute atomic E-state index is 7.66. The number of benzene rings is 7. The van der Waals surface area contributed by atoms with Gasteiger partial charge in [-0.15, -0.1) is 0 Å². The number of rotatable bonds is 2. The first kappa shape index (κ1) is 22.9. The second-order valence-electron chi connectivity index (χ2n) is 10.8. The molecule has 0 unspecified atom stereocenters. The summed E-state index contributed by atoms with van der Waals surface area (Å²) in [6.45, 7) is 7.66. The van der Waals surface area contributed by atoms with Crippen molar-refractivity contribution in [3.63, 3.8) is 0 Å². The molecule has 0 N–H and O–H groups in total. The molecule has 2 aromatic heterocycles. The van der Waals surface area contributed by atoms with Crippen molar-refractivity contribution in [3.8, 4) is 16.8 Å². The third kappa shape index (κ3) is 3.15. The van der Waals surface area contributed by atoms with Gasteiger partial charge >= 0.3 is 0 Å². The van der Waals surface area contributed by atoms with Crippen LogP contribution in [-0.2, 0) is 0 Å². The first-order valence-electron chi connectivity index (χ1n) is 14.1. The molecule has 0 aliphatic carbocycles. The van der Waals surface area contributed by atoms with Crippen LogP contribution < -0.4 is 0 Å². The number of furan rings is 1. The highest BCUT2D eigenvalue weighted by atomic mass is 16.3. The highest BCUT2D eigenvalue weighted by Gasteiger charge is 2.20. The third-order valence-electron chi connectivity index (χ3n) is 8.56. The Morgan fingerprint density at radius 2 is 1.24 bits per heavy atom. The Balaban J connectivity index is 1.41. The highest BCUT2D eigenvalue weighted by Crippen LogP contribution is 2.44. The predicted molar refractivity (Wildman–Crippen MR) is 175 cm³/mol. The Morgan fingerprint density at radius 3 is 2.05 bits per heavy atom. The first-order chi connectivity index (χ1) is 20.8. The first-order valence-corrected chi connectivity index (χ1v) is 14.1. The van der Waals surface area contributed by atoms with Crippen LogP contribution in [0.1, 0.15) is 0 Å². The van der Waals surface area contributed by atoms with E-state index in [1.54, 1.807) is 0 Å². The van der Waals surface area contributed by atoms with Gasteiger partial charge in [-0.25, -0.2) is 4.85 Å². The lowest BCUT2D eigenvalue weighted by Crippen LogP contribution is -1.92. The van der Waals surface area contributed by atoms with Gasteiger partial charge in [0.05, 0.1) is 17.6 Å². The Labute approximate surface area is 241 Å². The summed E-state index contributed by atoms with van der Waals surface area (Å²) in [5, 5.41) is 9.25. The van der Waals surface area contributed by atoms with Crippen LogP contribution in [0.25, 0.3) is 86.9 Å². The molecule has 9 rings (SSSR count). The topological polar surface area (TPSA) is 22.4 Å². The van der Waals surface area contributed by atoms with Gasteiger partial charge in [-0.2, -0.15) is 0 Å². The van der Waals surface area contributed by atoms with Crippen LogP contribution >= 0.6 is 0 Å². The van der Waals surface area contributed by atoms with Crippen LogP contribution in [0, 0.1) is 6.57 Å². The summed E-state index contributed by atoms with van der Waals surface area (Å²) in [5.41, 5.74) is 7.86. The van der Waals surface area contributed by atoms with Crippen LogP contribution in [-0.4, -0.2) is 4.57 Å². The minimum Gasteiger partial charge on any atom is -0.455 e. The molecule has 194 valence electrons. The smallest absolute Gasteiger partial charge is 0.188 e. The number of hydrogen-bond acceptors (Lipinski definition) is 1. The van der Waals surface area contributed by atoms with Gasteiger partial charge in [0.25, 0.3) is 0 Å². The SMILES string of the molecule is [C-]#[N+]c1ccc2c(c1)c1cc(-c3cc4ccccc4c4c3oc3ccc5ccccc5c34)ccc1n2-c1ccccc1. The summed E-state index contributed by atoms with van der Waals surface area (Å²) in [6, 6.07) is 46.7. The quantitative estimate of drug-likeness (QED) is 0.202. The van der Waals surface area contributed by atoms with E-state index in [0.717, 1.165) is 60.6 Å². The molecular weight excluding hydrogens is 512 g/mol. The van der Waals surface area contributed by atoms with Crippen molar-refractivity contribution < 1.29 is 4.42 Å². The van der Waals surface area contributed by atoms with E-state index in [-0.39, 0.29) is 0 Å². The Hall–Kier alpha value is -5.85. The molecule has 0 amide bonds. The lowest BCUT2D eigenvalue weighted by Gasteiger charge is -2.09. The van der Waals surface area contributed by atoms with Crippen molar-refractivity contribution in [1.82, 2.24) is 4.57 Å². The third-order valence-corrected chi connectivity index (χ3v) is 8.56. The average Bonchev–Trinajstić information content (AvgIpc) is 3.61. The number of nitrogens with zero attached hydrogens (tertiary/aromatic N) is 2. The van der Waals surface area contributed by atoms with E-state index in [1.807, 2.05) is 18.2 Å². The number of hydrogen-bond donors (Lipinski definition) is 0. The van der Waals surface area contributed by atoms with E-state index in [1.165, 1.54) is 21.5 Å². The lowest BCUT2D eigenvalue weighted by atomic mass is 9.94. The lowest BCUT2D eigenvalue weighted by molar-refractivity contribution is 0.670. The summed E-state index contributed by atoms with van der Waals surface area (Å²) < 4.78 is 9.00. The summed E-state index contributed by atoms with van der Waals surface area (Å²) in [6.07, 6.45) is 0. The van der Waals surface area contributed by atoms with E-state index in [0.29, 0.717) is 5.69 Å². The molecule has 9 aromatic rings. The van der Waals surface area contributed by atoms with Crippen LogP contribution in [0.15, 0.2) is 138 Å². The maximum atomic E-state index is 7.66. The van der Waals surface area contributed by atoms with Crippen molar-refractivity contribution >= 4 is 71.0 Å². The molecule has 7 aromatic carbocycles. The van der Waals surface area contributed by atoms with Crippen molar-refractivity contribution in [2.45, 2.75) is 0 Å². The molecule has 0 spiro atoms. The van der Waals surface area contributed by atoms with Crippen molar-refractivity contribution in [3.05, 3.63) is 145 Å². The highest BCUT2D eigenvalue weighted by molar-refractivity contribution is 6.29. The van der Waals surface area contributed by atoms with Gasteiger partial charge < -0.3 is 8.98 Å². The van der Waals surface area contributed by atoms with Crippen LogP contribution in [0.3, 0.4) is 0 Å². The molecule has 0 aliphatic heterocycles. The zero-order valence-corrected chi connectivity index (χ0v) is 22.5. The minimum absolute atomic E-state index is 0.636. The zero-order chi connectivity index (χ0) is 27.8. The van der Waals surface area contributed by atoms with E-state index in [4.69, 9.17) is 11.0 Å². The molecule has 3 nitrogen and oxygen atoms in total. The van der Waals surface area contributed by atoms with E-state index < -0.39 is 0 Å². The second kappa shape index (κ2) is 8.57. The van der Waals surface area contributed by atoms with Crippen LogP contribution in [0.4, 0.5) is 5.69 Å². The molecule has 3 heteroatoms. The van der Waals surface area contributed by atoms with Gasteiger partial charge in [0.2, 0.25) is 0 Å². The molecule has 0 fully saturated rings. The summed E-state index contributed by atoms with van der Waals surface area (Å²) in [5.74, 6) is 0. The number of aromatic nitrogens is 1. The molecule has 2 heterocycles. The molecule has 42 heavy (non-hydrogen) atoms. The largest absolute Gasteiger partial charge is 0.455 e. The molecule has 0 saturated carbocycles. The summed E-state index contributed by atoms with van der Waals surface area (Å²) >= 11 is 0. The Morgan fingerprint density at radius 1 is 0.548 bits per heavy atom. The van der Waals surface area contributed by atoms with Gasteiger partial charge in [0.15, 0.2) is 5.69 Å². The molecule has 0 aliphatic rings. The molecule has 0 atom stereocenters.